The first-order chi connectivity index (χ1) is 13.5. The lowest BCUT2D eigenvalue weighted by molar-refractivity contribution is -0.147. The van der Waals surface area contributed by atoms with E-state index in [9.17, 15) is 19.2 Å². The number of nitrogens with zero attached hydrogens (tertiary/aromatic N) is 1. The summed E-state index contributed by atoms with van der Waals surface area (Å²) in [6, 6.07) is 13.0. The van der Waals surface area contributed by atoms with Crippen LogP contribution < -0.4 is 10.1 Å². The summed E-state index contributed by atoms with van der Waals surface area (Å²) in [4.78, 5) is 49.1. The van der Waals surface area contributed by atoms with Crippen LogP contribution in [0.1, 0.15) is 27.6 Å². The number of carbonyl (C=O) groups is 4. The molecule has 8 heteroatoms. The Hall–Kier alpha value is -3.68. The molecule has 0 saturated carbocycles. The lowest BCUT2D eigenvalue weighted by Gasteiger charge is -2.13. The lowest BCUT2D eigenvalue weighted by Crippen LogP contribution is -2.36. The average Bonchev–Trinajstić information content (AvgIpc) is 2.93. The minimum Gasteiger partial charge on any atom is -0.494 e. The Bertz CT molecular complexity index is 888. The first kappa shape index (κ1) is 19.1. The van der Waals surface area contributed by atoms with Gasteiger partial charge in [-0.1, -0.05) is 12.1 Å². The van der Waals surface area contributed by atoms with Crippen molar-refractivity contribution in [2.24, 2.45) is 0 Å². The van der Waals surface area contributed by atoms with Crippen molar-refractivity contribution < 1.29 is 28.7 Å². The van der Waals surface area contributed by atoms with E-state index in [1.165, 1.54) is 12.1 Å². The molecule has 0 radical (unpaired) electrons. The number of anilines is 1. The molecule has 1 N–H and O–H groups in total. The van der Waals surface area contributed by atoms with E-state index < -0.39 is 36.8 Å². The van der Waals surface area contributed by atoms with Gasteiger partial charge in [-0.3, -0.25) is 24.1 Å². The Kier molecular flexibility index (Phi) is 5.69. The zero-order valence-electron chi connectivity index (χ0n) is 15.1. The van der Waals surface area contributed by atoms with Crippen LogP contribution in [0, 0.1) is 0 Å². The molecule has 0 saturated heterocycles. The molecule has 0 spiro atoms. The number of esters is 1. The van der Waals surface area contributed by atoms with Gasteiger partial charge in [0.2, 0.25) is 0 Å². The monoisotopic (exact) mass is 382 g/mol. The minimum absolute atomic E-state index is 0.244. The molecule has 0 unspecified atom stereocenters. The van der Waals surface area contributed by atoms with Crippen molar-refractivity contribution in [3.8, 4) is 5.75 Å². The maximum atomic E-state index is 12.2. The maximum Gasteiger partial charge on any atom is 0.326 e. The van der Waals surface area contributed by atoms with Crippen LogP contribution in [0.25, 0.3) is 0 Å². The SMILES string of the molecule is CCOc1ccc(NC(=O)COC(=O)CN2C(=O)c3ccccc3C2=O)cc1. The van der Waals surface area contributed by atoms with Crippen LogP contribution in [0.3, 0.4) is 0 Å². The molecule has 1 aliphatic rings. The van der Waals surface area contributed by atoms with Crippen molar-refractivity contribution >= 4 is 29.4 Å². The van der Waals surface area contributed by atoms with Crippen molar-refractivity contribution in [3.05, 3.63) is 59.7 Å². The lowest BCUT2D eigenvalue weighted by atomic mass is 10.1. The highest BCUT2D eigenvalue weighted by molar-refractivity contribution is 6.22. The van der Waals surface area contributed by atoms with Crippen LogP contribution in [0.5, 0.6) is 5.75 Å². The van der Waals surface area contributed by atoms with Crippen molar-refractivity contribution in [1.82, 2.24) is 4.90 Å². The van der Waals surface area contributed by atoms with Gasteiger partial charge in [0.05, 0.1) is 17.7 Å². The molecule has 144 valence electrons. The number of amides is 3. The van der Waals surface area contributed by atoms with Gasteiger partial charge in [0.25, 0.3) is 17.7 Å². The van der Waals surface area contributed by atoms with Crippen molar-refractivity contribution in [3.63, 3.8) is 0 Å². The van der Waals surface area contributed by atoms with Gasteiger partial charge in [0, 0.05) is 5.69 Å². The topological polar surface area (TPSA) is 102 Å². The van der Waals surface area contributed by atoms with Crippen LogP contribution in [-0.2, 0) is 14.3 Å². The first-order valence-corrected chi connectivity index (χ1v) is 8.63. The maximum absolute atomic E-state index is 12.2. The van der Waals surface area contributed by atoms with Gasteiger partial charge in [-0.2, -0.15) is 0 Å². The first-order valence-electron chi connectivity index (χ1n) is 8.63. The van der Waals surface area contributed by atoms with E-state index in [1.807, 2.05) is 6.92 Å². The minimum atomic E-state index is -0.851. The molecule has 0 fully saturated rings. The van der Waals surface area contributed by atoms with Crippen LogP contribution in [0.2, 0.25) is 0 Å². The molecule has 2 aromatic rings. The second-order valence-corrected chi connectivity index (χ2v) is 5.91. The Morgan fingerprint density at radius 2 is 1.57 bits per heavy atom. The molecule has 2 aromatic carbocycles. The van der Waals surface area contributed by atoms with E-state index in [0.717, 1.165) is 4.90 Å². The number of hydrogen-bond donors (Lipinski definition) is 1. The molecule has 1 heterocycles. The van der Waals surface area contributed by atoms with Crippen molar-refractivity contribution in [2.75, 3.05) is 25.1 Å². The summed E-state index contributed by atoms with van der Waals surface area (Å²) in [6.45, 7) is 1.32. The van der Waals surface area contributed by atoms with Crippen LogP contribution >= 0.6 is 0 Å². The Morgan fingerprint density at radius 1 is 0.964 bits per heavy atom. The third-order valence-electron chi connectivity index (χ3n) is 3.98. The molecule has 0 aromatic heterocycles. The molecule has 0 bridgehead atoms. The third-order valence-corrected chi connectivity index (χ3v) is 3.98. The molecule has 3 amide bonds. The van der Waals surface area contributed by atoms with Gasteiger partial charge in [-0.25, -0.2) is 0 Å². The molecule has 0 aliphatic carbocycles. The van der Waals surface area contributed by atoms with E-state index in [4.69, 9.17) is 9.47 Å². The van der Waals surface area contributed by atoms with E-state index in [2.05, 4.69) is 5.32 Å². The number of hydrogen-bond acceptors (Lipinski definition) is 6. The largest absolute Gasteiger partial charge is 0.494 e. The standard InChI is InChI=1S/C20H18N2O6/c1-2-27-14-9-7-13(8-10-14)21-17(23)12-28-18(24)11-22-19(25)15-5-3-4-6-16(15)20(22)26/h3-10H,2,11-12H2,1H3,(H,21,23). The van der Waals surface area contributed by atoms with Gasteiger partial charge in [-0.15, -0.1) is 0 Å². The van der Waals surface area contributed by atoms with E-state index in [-0.39, 0.29) is 11.1 Å². The molecule has 1 aliphatic heterocycles. The Labute approximate surface area is 161 Å². The quantitative estimate of drug-likeness (QED) is 0.579. The van der Waals surface area contributed by atoms with E-state index >= 15 is 0 Å². The smallest absolute Gasteiger partial charge is 0.326 e. The highest BCUT2D eigenvalue weighted by Gasteiger charge is 2.36. The van der Waals surface area contributed by atoms with Crippen LogP contribution in [-0.4, -0.2) is 48.3 Å². The summed E-state index contributed by atoms with van der Waals surface area (Å²) < 4.78 is 10.2. The fourth-order valence-electron chi connectivity index (χ4n) is 2.70. The highest BCUT2D eigenvalue weighted by Crippen LogP contribution is 2.22. The molecule has 8 nitrogen and oxygen atoms in total. The Balaban J connectivity index is 1.49. The van der Waals surface area contributed by atoms with Crippen molar-refractivity contribution in [2.45, 2.75) is 6.92 Å². The number of nitrogens with one attached hydrogen (secondary N) is 1. The average molecular weight is 382 g/mol. The number of carbonyl (C=O) groups excluding carboxylic acids is 4. The second-order valence-electron chi connectivity index (χ2n) is 5.91. The predicted octanol–water partition coefficient (Wildman–Crippen LogP) is 1.86. The molecule has 28 heavy (non-hydrogen) atoms. The summed E-state index contributed by atoms with van der Waals surface area (Å²) >= 11 is 0. The molecule has 0 atom stereocenters. The third kappa shape index (κ3) is 4.17. The van der Waals surface area contributed by atoms with Crippen LogP contribution in [0.15, 0.2) is 48.5 Å². The van der Waals surface area contributed by atoms with E-state index in [1.54, 1.807) is 36.4 Å². The number of fused-ring (bicyclic) bond motifs is 1. The zero-order chi connectivity index (χ0) is 20.1. The number of rotatable bonds is 7. The van der Waals surface area contributed by atoms with Gasteiger partial charge < -0.3 is 14.8 Å². The summed E-state index contributed by atoms with van der Waals surface area (Å²) in [6.07, 6.45) is 0. The molecule has 3 rings (SSSR count). The van der Waals surface area contributed by atoms with Gasteiger partial charge in [0.15, 0.2) is 6.61 Å². The normalized spacial score (nSPS) is 12.5. The summed E-state index contributed by atoms with van der Waals surface area (Å²) in [5.74, 6) is -1.84. The fourth-order valence-corrected chi connectivity index (χ4v) is 2.70. The van der Waals surface area contributed by atoms with Gasteiger partial charge >= 0.3 is 5.97 Å². The van der Waals surface area contributed by atoms with Crippen molar-refractivity contribution in [1.29, 1.82) is 0 Å². The predicted molar refractivity (Wildman–Crippen MR) is 99.0 cm³/mol. The fraction of sp³-hybridized carbons (Fsp3) is 0.200. The van der Waals surface area contributed by atoms with E-state index in [0.29, 0.717) is 18.0 Å². The van der Waals surface area contributed by atoms with Gasteiger partial charge in [0.1, 0.15) is 12.3 Å². The Morgan fingerprint density at radius 3 is 2.14 bits per heavy atom. The van der Waals surface area contributed by atoms with Crippen LogP contribution in [0.4, 0.5) is 5.69 Å². The summed E-state index contributed by atoms with van der Waals surface area (Å²) in [5, 5.41) is 2.57. The zero-order valence-corrected chi connectivity index (χ0v) is 15.1. The number of benzene rings is 2. The highest BCUT2D eigenvalue weighted by atomic mass is 16.5. The summed E-state index contributed by atoms with van der Waals surface area (Å²) in [5.41, 5.74) is 1.01. The number of imide groups is 1. The molecular formula is C20H18N2O6. The second kappa shape index (κ2) is 8.34. The molecular weight excluding hydrogens is 364 g/mol. The van der Waals surface area contributed by atoms with Gasteiger partial charge in [-0.05, 0) is 43.3 Å². The summed E-state index contributed by atoms with van der Waals surface area (Å²) in [7, 11) is 0. The number of ether oxygens (including phenoxy) is 2.